The number of amides is 1. The van der Waals surface area contributed by atoms with Crippen molar-refractivity contribution in [2.24, 2.45) is 5.10 Å². The molecule has 9 nitrogen and oxygen atoms in total. The highest BCUT2D eigenvalue weighted by Gasteiger charge is 2.17. The predicted octanol–water partition coefficient (Wildman–Crippen LogP) is 2.57. The Labute approximate surface area is 182 Å². The maximum atomic E-state index is 12.4. The summed E-state index contributed by atoms with van der Waals surface area (Å²) in [6, 6.07) is 13.2. The molecule has 1 heterocycles. The molecular formula is C21H21F2N5O4. The lowest BCUT2D eigenvalue weighted by Gasteiger charge is -2.12. The molecule has 3 rings (SSSR count). The zero-order valence-corrected chi connectivity index (χ0v) is 17.0. The number of carbonyl (C=O) groups excluding carboxylic acids is 1. The lowest BCUT2D eigenvalue weighted by atomic mass is 10.1. The molecule has 0 fully saturated rings. The number of aliphatic hydroxyl groups is 1. The Morgan fingerprint density at radius 1 is 1.28 bits per heavy atom. The normalized spacial score (nSPS) is 12.2. The number of anilines is 1. The lowest BCUT2D eigenvalue weighted by Crippen LogP contribution is -2.19. The van der Waals surface area contributed by atoms with Crippen molar-refractivity contribution in [1.82, 2.24) is 15.2 Å². The predicted molar refractivity (Wildman–Crippen MR) is 113 cm³/mol. The van der Waals surface area contributed by atoms with E-state index in [1.54, 1.807) is 24.3 Å². The van der Waals surface area contributed by atoms with E-state index < -0.39 is 18.6 Å². The minimum atomic E-state index is -2.98. The first kappa shape index (κ1) is 22.7. The van der Waals surface area contributed by atoms with E-state index in [1.165, 1.54) is 42.4 Å². The highest BCUT2D eigenvalue weighted by Crippen LogP contribution is 2.29. The van der Waals surface area contributed by atoms with Gasteiger partial charge in [0, 0.05) is 0 Å². The molecule has 0 aliphatic heterocycles. The summed E-state index contributed by atoms with van der Waals surface area (Å²) in [5.41, 5.74) is 9.55. The van der Waals surface area contributed by atoms with Gasteiger partial charge >= 0.3 is 6.61 Å². The molecule has 4 N–H and O–H groups in total. The topological polar surface area (TPSA) is 124 Å². The van der Waals surface area contributed by atoms with Gasteiger partial charge in [0.25, 0.3) is 5.91 Å². The first-order chi connectivity index (χ1) is 15.4. The molecular weight excluding hydrogens is 424 g/mol. The molecule has 0 bridgehead atoms. The highest BCUT2D eigenvalue weighted by molar-refractivity contribution is 5.98. The van der Waals surface area contributed by atoms with Crippen molar-refractivity contribution in [2.75, 3.05) is 12.8 Å². The average Bonchev–Trinajstić information content (AvgIpc) is 3.14. The molecule has 1 amide bonds. The summed E-state index contributed by atoms with van der Waals surface area (Å²) in [5.74, 6) is -0.573. The second-order valence-corrected chi connectivity index (χ2v) is 6.54. The number of aromatic nitrogens is 2. The third-order valence-electron chi connectivity index (χ3n) is 4.44. The van der Waals surface area contributed by atoms with Crippen LogP contribution in [0.5, 0.6) is 11.5 Å². The van der Waals surface area contributed by atoms with Gasteiger partial charge < -0.3 is 20.3 Å². The largest absolute Gasteiger partial charge is 0.493 e. The summed E-state index contributed by atoms with van der Waals surface area (Å²) < 4.78 is 35.5. The molecule has 0 spiro atoms. The molecule has 168 valence electrons. The Balaban J connectivity index is 1.63. The quantitative estimate of drug-likeness (QED) is 0.344. The SMILES string of the molecule is COc1cc(/C=N\NC(=O)c2cnn(CC(O)c3ccccc3)c2N)ccc1OC(F)F. The van der Waals surface area contributed by atoms with Gasteiger partial charge in [-0.05, 0) is 29.3 Å². The van der Waals surface area contributed by atoms with Crippen LogP contribution in [-0.2, 0) is 6.54 Å². The number of hydrogen-bond acceptors (Lipinski definition) is 7. The molecule has 0 radical (unpaired) electrons. The first-order valence-corrected chi connectivity index (χ1v) is 9.39. The molecule has 0 saturated carbocycles. The van der Waals surface area contributed by atoms with E-state index in [0.717, 1.165) is 0 Å². The van der Waals surface area contributed by atoms with Gasteiger partial charge in [-0.25, -0.2) is 10.1 Å². The van der Waals surface area contributed by atoms with Crippen LogP contribution in [0.1, 0.15) is 27.6 Å². The van der Waals surface area contributed by atoms with E-state index in [2.05, 4.69) is 20.4 Å². The number of halogens is 2. The molecule has 1 aromatic heterocycles. The Hall–Kier alpha value is -3.99. The minimum absolute atomic E-state index is 0.0687. The van der Waals surface area contributed by atoms with Crippen LogP contribution in [0.4, 0.5) is 14.6 Å². The monoisotopic (exact) mass is 445 g/mol. The fraction of sp³-hybridized carbons (Fsp3) is 0.190. The third kappa shape index (κ3) is 5.58. The number of hydrazone groups is 1. The summed E-state index contributed by atoms with van der Waals surface area (Å²) >= 11 is 0. The van der Waals surface area contributed by atoms with Gasteiger partial charge in [0.2, 0.25) is 0 Å². The number of nitrogens with two attached hydrogens (primary N) is 1. The van der Waals surface area contributed by atoms with Crippen LogP contribution in [0.3, 0.4) is 0 Å². The Morgan fingerprint density at radius 3 is 2.72 bits per heavy atom. The number of ether oxygens (including phenoxy) is 2. The van der Waals surface area contributed by atoms with Crippen LogP contribution in [0.15, 0.2) is 59.8 Å². The van der Waals surface area contributed by atoms with Crippen LogP contribution in [0.2, 0.25) is 0 Å². The lowest BCUT2D eigenvalue weighted by molar-refractivity contribution is -0.0512. The molecule has 0 aliphatic carbocycles. The maximum absolute atomic E-state index is 12.4. The van der Waals surface area contributed by atoms with Crippen molar-refractivity contribution in [3.05, 3.63) is 71.4 Å². The van der Waals surface area contributed by atoms with Gasteiger partial charge in [-0.1, -0.05) is 30.3 Å². The standard InChI is InChI=1S/C21H21F2N5O4/c1-31-18-9-13(7-8-17(18)32-21(22)23)10-25-27-20(30)15-11-26-28(19(15)24)12-16(29)14-5-3-2-4-6-14/h2-11,16,21,29H,12,24H2,1H3,(H,27,30)/b25-10-. The number of nitrogen functional groups attached to an aromatic ring is 1. The zero-order chi connectivity index (χ0) is 23.1. The third-order valence-corrected chi connectivity index (χ3v) is 4.44. The molecule has 3 aromatic rings. The highest BCUT2D eigenvalue weighted by atomic mass is 19.3. The number of nitrogens with one attached hydrogen (secondary N) is 1. The second-order valence-electron chi connectivity index (χ2n) is 6.54. The van der Waals surface area contributed by atoms with E-state index in [0.29, 0.717) is 11.1 Å². The molecule has 1 unspecified atom stereocenters. The molecule has 1 atom stereocenters. The van der Waals surface area contributed by atoms with E-state index in [1.807, 2.05) is 6.07 Å². The smallest absolute Gasteiger partial charge is 0.387 e. The number of aliphatic hydroxyl groups excluding tert-OH is 1. The van der Waals surface area contributed by atoms with E-state index in [-0.39, 0.29) is 29.4 Å². The molecule has 11 heteroatoms. The number of methoxy groups -OCH3 is 1. The van der Waals surface area contributed by atoms with Crippen LogP contribution >= 0.6 is 0 Å². The van der Waals surface area contributed by atoms with Crippen LogP contribution < -0.4 is 20.6 Å². The van der Waals surface area contributed by atoms with Gasteiger partial charge in [-0.15, -0.1) is 0 Å². The molecule has 2 aromatic carbocycles. The Kier molecular flexibility index (Phi) is 7.34. The fourth-order valence-electron chi connectivity index (χ4n) is 2.84. The van der Waals surface area contributed by atoms with Crippen molar-refractivity contribution in [2.45, 2.75) is 19.3 Å². The van der Waals surface area contributed by atoms with Gasteiger partial charge in [0.1, 0.15) is 11.4 Å². The van der Waals surface area contributed by atoms with Crippen molar-refractivity contribution in [3.8, 4) is 11.5 Å². The Morgan fingerprint density at radius 2 is 2.03 bits per heavy atom. The number of nitrogens with zero attached hydrogens (tertiary/aromatic N) is 3. The van der Waals surface area contributed by atoms with Crippen molar-refractivity contribution in [3.63, 3.8) is 0 Å². The Bertz CT molecular complexity index is 1090. The number of rotatable bonds is 9. The number of carbonyl (C=O) groups is 1. The maximum Gasteiger partial charge on any atom is 0.387 e. The van der Waals surface area contributed by atoms with Crippen molar-refractivity contribution < 1.29 is 28.2 Å². The average molecular weight is 445 g/mol. The van der Waals surface area contributed by atoms with Crippen LogP contribution in [0.25, 0.3) is 0 Å². The van der Waals surface area contributed by atoms with E-state index in [9.17, 15) is 18.7 Å². The van der Waals surface area contributed by atoms with Gasteiger partial charge in [-0.3, -0.25) is 4.79 Å². The van der Waals surface area contributed by atoms with E-state index >= 15 is 0 Å². The number of hydrogen-bond donors (Lipinski definition) is 3. The summed E-state index contributed by atoms with van der Waals surface area (Å²) in [4.78, 5) is 12.4. The van der Waals surface area contributed by atoms with Crippen LogP contribution in [-0.4, -0.2) is 40.7 Å². The van der Waals surface area contributed by atoms with Gasteiger partial charge in [0.05, 0.1) is 32.2 Å². The molecule has 32 heavy (non-hydrogen) atoms. The van der Waals surface area contributed by atoms with Gasteiger partial charge in [0.15, 0.2) is 11.5 Å². The summed E-state index contributed by atoms with van der Waals surface area (Å²) in [7, 11) is 1.31. The molecule has 0 aliphatic rings. The number of benzene rings is 2. The van der Waals surface area contributed by atoms with Gasteiger partial charge in [-0.2, -0.15) is 19.0 Å². The second kappa shape index (κ2) is 10.4. The summed E-state index contributed by atoms with van der Waals surface area (Å²) in [6.07, 6.45) is 1.73. The fourth-order valence-corrected chi connectivity index (χ4v) is 2.84. The summed E-state index contributed by atoms with van der Waals surface area (Å²) in [6.45, 7) is -2.91. The van der Waals surface area contributed by atoms with E-state index in [4.69, 9.17) is 10.5 Å². The summed E-state index contributed by atoms with van der Waals surface area (Å²) in [5, 5.41) is 18.2. The zero-order valence-electron chi connectivity index (χ0n) is 17.0. The van der Waals surface area contributed by atoms with Crippen LogP contribution in [0, 0.1) is 0 Å². The van der Waals surface area contributed by atoms with Crippen molar-refractivity contribution in [1.29, 1.82) is 0 Å². The number of alkyl halides is 2. The first-order valence-electron chi connectivity index (χ1n) is 9.39. The minimum Gasteiger partial charge on any atom is -0.493 e. The van der Waals surface area contributed by atoms with Crippen molar-refractivity contribution >= 4 is 17.9 Å². The molecule has 0 saturated heterocycles.